The molecule has 3 rings (SSSR count). The number of nitrogens with zero attached hydrogens (tertiary/aromatic N) is 1. The van der Waals surface area contributed by atoms with Gasteiger partial charge in [0.05, 0.1) is 18.6 Å². The van der Waals surface area contributed by atoms with Crippen LogP contribution in [0.3, 0.4) is 0 Å². The normalized spacial score (nSPS) is 21.5. The van der Waals surface area contributed by atoms with E-state index in [4.69, 9.17) is 9.47 Å². The molecule has 2 aromatic carbocycles. The summed E-state index contributed by atoms with van der Waals surface area (Å²) in [6, 6.07) is 18.7. The minimum absolute atomic E-state index is 0.00214. The molecule has 0 aromatic heterocycles. The summed E-state index contributed by atoms with van der Waals surface area (Å²) in [5.74, 6) is -1.53. The molecule has 1 aliphatic rings. The van der Waals surface area contributed by atoms with Gasteiger partial charge in [0.25, 0.3) is 0 Å². The van der Waals surface area contributed by atoms with Gasteiger partial charge >= 0.3 is 6.09 Å². The van der Waals surface area contributed by atoms with Crippen molar-refractivity contribution in [2.45, 2.75) is 84.9 Å². The Kier molecular flexibility index (Phi) is 11.9. The summed E-state index contributed by atoms with van der Waals surface area (Å²) >= 11 is 0. The standard InChI is InChI=1S/C33H47N3O6/c1-22(20-41-21-26-15-11-8-12-16-26)27-17-18-36(31(39)28(29(27)37)19-25-13-9-7-10-14-25)24(3)35-30(38)23(2)34-32(40)42-33(4,5)6/h7-16,22-24,27-29,37H,17-21H2,1-6H3,(H,34,40)(H,35,38). The highest BCUT2D eigenvalue weighted by Gasteiger charge is 2.42. The van der Waals surface area contributed by atoms with Crippen LogP contribution in [0, 0.1) is 17.8 Å². The van der Waals surface area contributed by atoms with Crippen LogP contribution in [0.2, 0.25) is 0 Å². The number of benzene rings is 2. The SMILES string of the molecule is CC(NC(=O)OC(C)(C)C)C(=O)NC(C)N1CCC(C(C)COCc2ccccc2)C(O)C(Cc2ccccc2)C1=O. The molecule has 3 N–H and O–H groups in total. The van der Waals surface area contributed by atoms with E-state index in [-0.39, 0.29) is 17.7 Å². The minimum atomic E-state index is -0.881. The second-order valence-corrected chi connectivity index (χ2v) is 12.3. The van der Waals surface area contributed by atoms with Crippen molar-refractivity contribution in [3.05, 3.63) is 71.8 Å². The first kappa shape index (κ1) is 33.1. The summed E-state index contributed by atoms with van der Waals surface area (Å²) in [5.41, 5.74) is 1.34. The maximum absolute atomic E-state index is 13.9. The topological polar surface area (TPSA) is 117 Å². The van der Waals surface area contributed by atoms with Crippen LogP contribution >= 0.6 is 0 Å². The lowest BCUT2D eigenvalue weighted by Gasteiger charge is -2.32. The second kappa shape index (κ2) is 15.2. The molecule has 2 aromatic rings. The number of likely N-dealkylation sites (tertiary alicyclic amines) is 1. The molecule has 0 spiro atoms. The Balaban J connectivity index is 1.71. The molecule has 1 aliphatic heterocycles. The first-order valence-corrected chi connectivity index (χ1v) is 14.8. The number of alkyl carbamates (subject to hydrolysis) is 1. The molecule has 9 heteroatoms. The Morgan fingerprint density at radius 2 is 1.57 bits per heavy atom. The summed E-state index contributed by atoms with van der Waals surface area (Å²) in [4.78, 5) is 40.7. The monoisotopic (exact) mass is 581 g/mol. The summed E-state index contributed by atoms with van der Waals surface area (Å²) in [6.45, 7) is 11.9. The highest BCUT2D eigenvalue weighted by Crippen LogP contribution is 2.32. The van der Waals surface area contributed by atoms with Crippen molar-refractivity contribution < 1.29 is 29.0 Å². The minimum Gasteiger partial charge on any atom is -0.444 e. The summed E-state index contributed by atoms with van der Waals surface area (Å²) in [7, 11) is 0. The van der Waals surface area contributed by atoms with Gasteiger partial charge in [-0.25, -0.2) is 4.79 Å². The van der Waals surface area contributed by atoms with E-state index in [9.17, 15) is 19.5 Å². The van der Waals surface area contributed by atoms with Gasteiger partial charge in [-0.3, -0.25) is 9.59 Å². The van der Waals surface area contributed by atoms with Crippen LogP contribution in [-0.2, 0) is 32.1 Å². The fourth-order valence-corrected chi connectivity index (χ4v) is 5.33. The lowest BCUT2D eigenvalue weighted by atomic mass is 9.79. The van der Waals surface area contributed by atoms with E-state index in [1.54, 1.807) is 39.5 Å². The van der Waals surface area contributed by atoms with E-state index in [2.05, 4.69) is 10.6 Å². The Morgan fingerprint density at radius 3 is 2.17 bits per heavy atom. The van der Waals surface area contributed by atoms with E-state index >= 15 is 0 Å². The summed E-state index contributed by atoms with van der Waals surface area (Å²) < 4.78 is 11.3. The zero-order valence-corrected chi connectivity index (χ0v) is 25.7. The van der Waals surface area contributed by atoms with E-state index in [0.29, 0.717) is 32.6 Å². The fraction of sp³-hybridized carbons (Fsp3) is 0.545. The number of nitrogens with one attached hydrogen (secondary N) is 2. The third kappa shape index (κ3) is 9.84. The number of amides is 3. The molecule has 0 aliphatic carbocycles. The van der Waals surface area contributed by atoms with Crippen molar-refractivity contribution in [3.63, 3.8) is 0 Å². The Bertz CT molecular complexity index is 1150. The van der Waals surface area contributed by atoms with Gasteiger partial charge in [0.15, 0.2) is 0 Å². The quantitative estimate of drug-likeness (QED) is 0.365. The maximum atomic E-state index is 13.9. The van der Waals surface area contributed by atoms with Crippen LogP contribution < -0.4 is 10.6 Å². The zero-order chi connectivity index (χ0) is 30.9. The first-order valence-electron chi connectivity index (χ1n) is 14.8. The Labute approximate surface area is 250 Å². The van der Waals surface area contributed by atoms with Crippen LogP contribution in [0.15, 0.2) is 60.7 Å². The molecule has 1 heterocycles. The Morgan fingerprint density at radius 1 is 0.976 bits per heavy atom. The van der Waals surface area contributed by atoms with Gasteiger partial charge in [0.2, 0.25) is 11.8 Å². The molecule has 6 atom stereocenters. The molecule has 9 nitrogen and oxygen atoms in total. The van der Waals surface area contributed by atoms with Gasteiger partial charge in [0.1, 0.15) is 17.8 Å². The number of carbonyl (C=O) groups excluding carboxylic acids is 3. The van der Waals surface area contributed by atoms with Crippen molar-refractivity contribution >= 4 is 17.9 Å². The van der Waals surface area contributed by atoms with Gasteiger partial charge in [-0.2, -0.15) is 0 Å². The fourth-order valence-electron chi connectivity index (χ4n) is 5.33. The van der Waals surface area contributed by atoms with Crippen molar-refractivity contribution in [1.29, 1.82) is 0 Å². The largest absolute Gasteiger partial charge is 0.444 e. The second-order valence-electron chi connectivity index (χ2n) is 12.3. The highest BCUT2D eigenvalue weighted by molar-refractivity contribution is 5.86. The summed E-state index contributed by atoms with van der Waals surface area (Å²) in [5, 5.41) is 17.0. The molecule has 0 radical (unpaired) electrons. The predicted molar refractivity (Wildman–Crippen MR) is 161 cm³/mol. The van der Waals surface area contributed by atoms with E-state index < -0.39 is 41.8 Å². The number of carbonyl (C=O) groups is 3. The van der Waals surface area contributed by atoms with Crippen LogP contribution in [0.1, 0.15) is 59.1 Å². The molecule has 42 heavy (non-hydrogen) atoms. The van der Waals surface area contributed by atoms with Crippen LogP contribution in [0.25, 0.3) is 0 Å². The van der Waals surface area contributed by atoms with Crippen molar-refractivity contribution in [2.24, 2.45) is 17.8 Å². The molecular formula is C33H47N3O6. The molecular weight excluding hydrogens is 534 g/mol. The molecule has 0 saturated carbocycles. The number of ether oxygens (including phenoxy) is 2. The van der Waals surface area contributed by atoms with E-state index in [1.165, 1.54) is 0 Å². The van der Waals surface area contributed by atoms with Crippen LogP contribution in [0.5, 0.6) is 0 Å². The number of aliphatic hydroxyl groups excluding tert-OH is 1. The first-order chi connectivity index (χ1) is 19.9. The van der Waals surface area contributed by atoms with Crippen molar-refractivity contribution in [1.82, 2.24) is 15.5 Å². The molecule has 3 amide bonds. The zero-order valence-electron chi connectivity index (χ0n) is 25.7. The molecule has 0 bridgehead atoms. The van der Waals surface area contributed by atoms with Gasteiger partial charge in [-0.1, -0.05) is 67.6 Å². The van der Waals surface area contributed by atoms with Gasteiger partial charge in [-0.15, -0.1) is 0 Å². The third-order valence-corrected chi connectivity index (χ3v) is 7.62. The van der Waals surface area contributed by atoms with Crippen LogP contribution in [-0.4, -0.2) is 65.0 Å². The summed E-state index contributed by atoms with van der Waals surface area (Å²) in [6.07, 6.45) is -1.29. The smallest absolute Gasteiger partial charge is 0.408 e. The number of hydrogen-bond donors (Lipinski definition) is 3. The highest BCUT2D eigenvalue weighted by atomic mass is 16.6. The molecule has 6 unspecified atom stereocenters. The van der Waals surface area contributed by atoms with Crippen molar-refractivity contribution in [2.75, 3.05) is 13.2 Å². The van der Waals surface area contributed by atoms with Gasteiger partial charge in [-0.05, 0) is 70.4 Å². The maximum Gasteiger partial charge on any atom is 0.408 e. The molecule has 230 valence electrons. The van der Waals surface area contributed by atoms with Crippen molar-refractivity contribution in [3.8, 4) is 0 Å². The Hall–Kier alpha value is -3.43. The van der Waals surface area contributed by atoms with E-state index in [0.717, 1.165) is 11.1 Å². The van der Waals surface area contributed by atoms with Crippen LogP contribution in [0.4, 0.5) is 4.79 Å². The predicted octanol–water partition coefficient (Wildman–Crippen LogP) is 4.28. The number of hydrogen-bond acceptors (Lipinski definition) is 6. The lowest BCUT2D eigenvalue weighted by molar-refractivity contribution is -0.142. The lowest BCUT2D eigenvalue weighted by Crippen LogP contribution is -2.55. The van der Waals surface area contributed by atoms with Gasteiger partial charge < -0.3 is 30.1 Å². The molecule has 1 fully saturated rings. The number of aliphatic hydroxyl groups is 1. The average Bonchev–Trinajstić information content (AvgIpc) is 3.04. The van der Waals surface area contributed by atoms with Gasteiger partial charge in [0, 0.05) is 13.2 Å². The average molecular weight is 582 g/mol. The van der Waals surface area contributed by atoms with E-state index in [1.807, 2.05) is 67.6 Å². The third-order valence-electron chi connectivity index (χ3n) is 7.62. The number of rotatable bonds is 11. The molecule has 1 saturated heterocycles.